The molecule has 0 radical (unpaired) electrons. The maximum Gasteiger partial charge on any atom is 0.238 e. The molecule has 2 aliphatic carbocycles. The molecule has 1 amide bonds. The molecule has 0 aromatic heterocycles. The third-order valence-electron chi connectivity index (χ3n) is 5.62. The first-order chi connectivity index (χ1) is 9.77. The summed E-state index contributed by atoms with van der Waals surface area (Å²) in [6.45, 7) is 8.00. The van der Waals surface area contributed by atoms with Gasteiger partial charge in [-0.1, -0.05) is 31.5 Å². The molecule has 1 aromatic rings. The van der Waals surface area contributed by atoms with E-state index >= 15 is 0 Å². The number of anilines is 1. The fourth-order valence-electron chi connectivity index (χ4n) is 4.17. The highest BCUT2D eigenvalue weighted by Crippen LogP contribution is 2.60. The van der Waals surface area contributed by atoms with E-state index < -0.39 is 5.41 Å². The van der Waals surface area contributed by atoms with E-state index in [-0.39, 0.29) is 17.1 Å². The quantitative estimate of drug-likeness (QED) is 0.843. The molecule has 0 spiro atoms. The molecule has 0 unspecified atom stereocenters. The van der Waals surface area contributed by atoms with Gasteiger partial charge in [-0.3, -0.25) is 9.59 Å². The standard InChI is InChI=1S/C18H23NO2/c1-11-5-6-14(12(2)9-11)19-16(21)18-8-7-13(10-18)17(3,4)15(18)20/h5-6,9,13H,7-8,10H2,1-4H3,(H,19,21)/t13-,18+/m0/s1. The van der Waals surface area contributed by atoms with Crippen LogP contribution >= 0.6 is 0 Å². The molecule has 1 N–H and O–H groups in total. The Morgan fingerprint density at radius 1 is 1.29 bits per heavy atom. The zero-order valence-electron chi connectivity index (χ0n) is 13.2. The Labute approximate surface area is 126 Å². The topological polar surface area (TPSA) is 46.2 Å². The van der Waals surface area contributed by atoms with Gasteiger partial charge in [0.15, 0.2) is 5.78 Å². The van der Waals surface area contributed by atoms with Crippen LogP contribution in [0.3, 0.4) is 0 Å². The van der Waals surface area contributed by atoms with Gasteiger partial charge in [-0.2, -0.15) is 0 Å². The summed E-state index contributed by atoms with van der Waals surface area (Å²) < 4.78 is 0. The maximum absolute atomic E-state index is 12.8. The van der Waals surface area contributed by atoms with Gasteiger partial charge < -0.3 is 5.32 Å². The molecular formula is C18H23NO2. The second kappa shape index (κ2) is 4.43. The number of aryl methyl sites for hydroxylation is 2. The average Bonchev–Trinajstić information content (AvgIpc) is 2.93. The third kappa shape index (κ3) is 1.94. The van der Waals surface area contributed by atoms with Crippen molar-refractivity contribution < 1.29 is 9.59 Å². The number of hydrogen-bond donors (Lipinski definition) is 1. The van der Waals surface area contributed by atoms with Crippen molar-refractivity contribution in [3.05, 3.63) is 29.3 Å². The second-order valence-electron chi connectivity index (χ2n) is 7.35. The molecule has 0 saturated heterocycles. The molecule has 2 fully saturated rings. The van der Waals surface area contributed by atoms with Crippen LogP contribution in [0.5, 0.6) is 0 Å². The highest BCUT2D eigenvalue weighted by atomic mass is 16.2. The Balaban J connectivity index is 1.88. The number of amides is 1. The van der Waals surface area contributed by atoms with E-state index in [4.69, 9.17) is 0 Å². The third-order valence-corrected chi connectivity index (χ3v) is 5.62. The number of ketones is 1. The van der Waals surface area contributed by atoms with Crippen molar-refractivity contribution in [2.75, 3.05) is 5.32 Å². The second-order valence-corrected chi connectivity index (χ2v) is 7.35. The van der Waals surface area contributed by atoms with Crippen LogP contribution in [0.15, 0.2) is 18.2 Å². The van der Waals surface area contributed by atoms with Crippen molar-refractivity contribution in [1.29, 1.82) is 0 Å². The zero-order valence-corrected chi connectivity index (χ0v) is 13.2. The van der Waals surface area contributed by atoms with Crippen molar-refractivity contribution in [3.8, 4) is 0 Å². The zero-order chi connectivity index (χ0) is 15.4. The summed E-state index contributed by atoms with van der Waals surface area (Å²) in [7, 11) is 0. The minimum atomic E-state index is -0.786. The smallest absolute Gasteiger partial charge is 0.238 e. The number of hydrogen-bond acceptors (Lipinski definition) is 2. The Kier molecular flexibility index (Phi) is 3.01. The van der Waals surface area contributed by atoms with Gasteiger partial charge in [-0.05, 0) is 50.7 Å². The van der Waals surface area contributed by atoms with Gasteiger partial charge >= 0.3 is 0 Å². The molecule has 2 atom stereocenters. The van der Waals surface area contributed by atoms with Crippen LogP contribution in [-0.2, 0) is 9.59 Å². The SMILES string of the molecule is Cc1ccc(NC(=O)[C@]23CC[C@@H](C2)C(C)(C)C3=O)c(C)c1. The van der Waals surface area contributed by atoms with Crippen LogP contribution in [-0.4, -0.2) is 11.7 Å². The van der Waals surface area contributed by atoms with Gasteiger partial charge in [-0.15, -0.1) is 0 Å². The Morgan fingerprint density at radius 3 is 2.57 bits per heavy atom. The van der Waals surface area contributed by atoms with E-state index in [0.717, 1.165) is 24.1 Å². The summed E-state index contributed by atoms with van der Waals surface area (Å²) in [5, 5.41) is 3.01. The molecule has 2 bridgehead atoms. The van der Waals surface area contributed by atoms with Gasteiger partial charge in [-0.25, -0.2) is 0 Å². The summed E-state index contributed by atoms with van der Waals surface area (Å²) >= 11 is 0. The first-order valence-electron chi connectivity index (χ1n) is 7.71. The average molecular weight is 285 g/mol. The lowest BCUT2D eigenvalue weighted by atomic mass is 9.70. The van der Waals surface area contributed by atoms with Crippen molar-refractivity contribution in [1.82, 2.24) is 0 Å². The normalized spacial score (nSPS) is 29.7. The minimum Gasteiger partial charge on any atom is -0.325 e. The molecule has 1 aromatic carbocycles. The highest BCUT2D eigenvalue weighted by Gasteiger charge is 2.65. The first-order valence-corrected chi connectivity index (χ1v) is 7.71. The number of fused-ring (bicyclic) bond motifs is 2. The number of carbonyl (C=O) groups excluding carboxylic acids is 2. The maximum atomic E-state index is 12.8. The minimum absolute atomic E-state index is 0.104. The molecule has 2 saturated carbocycles. The molecular weight excluding hydrogens is 262 g/mol. The summed E-state index contributed by atoms with van der Waals surface area (Å²) in [5.74, 6) is 0.385. The number of Topliss-reactive ketones (excluding diaryl/α,β-unsaturated/α-hetero) is 1. The Hall–Kier alpha value is -1.64. The molecule has 3 rings (SSSR count). The summed E-state index contributed by atoms with van der Waals surface area (Å²) in [5.41, 5.74) is 1.89. The predicted molar refractivity (Wildman–Crippen MR) is 83.1 cm³/mol. The fourth-order valence-corrected chi connectivity index (χ4v) is 4.17. The molecule has 0 heterocycles. The lowest BCUT2D eigenvalue weighted by Crippen LogP contribution is -2.44. The number of nitrogens with one attached hydrogen (secondary N) is 1. The number of benzene rings is 1. The summed E-state index contributed by atoms with van der Waals surface area (Å²) in [6.07, 6.45) is 2.41. The van der Waals surface area contributed by atoms with Crippen molar-refractivity contribution >= 4 is 17.4 Å². The number of carbonyl (C=O) groups is 2. The van der Waals surface area contributed by atoms with E-state index in [1.165, 1.54) is 5.56 Å². The van der Waals surface area contributed by atoms with Crippen molar-refractivity contribution in [3.63, 3.8) is 0 Å². The van der Waals surface area contributed by atoms with E-state index in [1.54, 1.807) is 0 Å². The summed E-state index contributed by atoms with van der Waals surface area (Å²) in [4.78, 5) is 25.5. The van der Waals surface area contributed by atoms with Crippen molar-refractivity contribution in [2.24, 2.45) is 16.7 Å². The molecule has 3 heteroatoms. The lowest BCUT2D eigenvalue weighted by molar-refractivity contribution is -0.142. The Bertz CT molecular complexity index is 632. The van der Waals surface area contributed by atoms with Crippen LogP contribution in [0.2, 0.25) is 0 Å². The largest absolute Gasteiger partial charge is 0.325 e. The molecule has 2 aliphatic rings. The van der Waals surface area contributed by atoms with E-state index in [2.05, 4.69) is 5.32 Å². The molecule has 3 nitrogen and oxygen atoms in total. The van der Waals surface area contributed by atoms with E-state index in [0.29, 0.717) is 12.3 Å². The monoisotopic (exact) mass is 285 g/mol. The predicted octanol–water partition coefficient (Wildman–Crippen LogP) is 3.64. The lowest BCUT2D eigenvalue weighted by Gasteiger charge is -2.32. The van der Waals surface area contributed by atoms with Gasteiger partial charge in [0.1, 0.15) is 5.41 Å². The van der Waals surface area contributed by atoms with Gasteiger partial charge in [0, 0.05) is 11.1 Å². The van der Waals surface area contributed by atoms with Crippen LogP contribution in [0, 0.1) is 30.6 Å². The van der Waals surface area contributed by atoms with Gasteiger partial charge in [0.25, 0.3) is 0 Å². The Morgan fingerprint density at radius 2 is 2.00 bits per heavy atom. The van der Waals surface area contributed by atoms with Crippen LogP contribution in [0.25, 0.3) is 0 Å². The molecule has 112 valence electrons. The van der Waals surface area contributed by atoms with Gasteiger partial charge in [0.2, 0.25) is 5.91 Å². The van der Waals surface area contributed by atoms with Crippen LogP contribution in [0.4, 0.5) is 5.69 Å². The fraction of sp³-hybridized carbons (Fsp3) is 0.556. The molecule has 21 heavy (non-hydrogen) atoms. The molecule has 0 aliphatic heterocycles. The van der Waals surface area contributed by atoms with Crippen LogP contribution in [0.1, 0.15) is 44.2 Å². The highest BCUT2D eigenvalue weighted by molar-refractivity contribution is 6.15. The van der Waals surface area contributed by atoms with Crippen molar-refractivity contribution in [2.45, 2.75) is 47.0 Å². The van der Waals surface area contributed by atoms with Gasteiger partial charge in [0.05, 0.1) is 0 Å². The van der Waals surface area contributed by atoms with E-state index in [1.807, 2.05) is 45.9 Å². The van der Waals surface area contributed by atoms with Crippen LogP contribution < -0.4 is 5.32 Å². The first kappa shape index (κ1) is 14.3. The number of rotatable bonds is 2. The summed E-state index contributed by atoms with van der Waals surface area (Å²) in [6, 6.07) is 5.96. The van der Waals surface area contributed by atoms with E-state index in [9.17, 15) is 9.59 Å².